The molecule has 19 heavy (non-hydrogen) atoms. The van der Waals surface area contributed by atoms with Crippen LogP contribution in [0.25, 0.3) is 0 Å². The number of hydrogen-bond acceptors (Lipinski definition) is 3. The molecule has 1 rings (SSSR count). The first kappa shape index (κ1) is 15.4. The van der Waals surface area contributed by atoms with Crippen LogP contribution in [0.4, 0.5) is 0 Å². The normalized spacial score (nSPS) is 16.2. The van der Waals surface area contributed by atoms with E-state index in [4.69, 9.17) is 5.11 Å². The number of unbranched alkanes of at least 4 members (excludes halogenated alkanes) is 5. The number of carbonyl (C=O) groups excluding carboxylic acids is 2. The van der Waals surface area contributed by atoms with Crippen LogP contribution in [0.3, 0.4) is 0 Å². The van der Waals surface area contributed by atoms with Crippen LogP contribution < -0.4 is 0 Å². The van der Waals surface area contributed by atoms with E-state index in [0.717, 1.165) is 42.7 Å². The van der Waals surface area contributed by atoms with E-state index in [1.165, 1.54) is 12.8 Å². The van der Waals surface area contributed by atoms with Gasteiger partial charge in [0, 0.05) is 12.2 Å². The third-order valence-electron chi connectivity index (χ3n) is 3.27. The predicted octanol–water partition coefficient (Wildman–Crippen LogP) is 2.12. The monoisotopic (exact) mass is 267 g/mol. The number of imide groups is 1. The largest absolute Gasteiger partial charge is 0.480 e. The van der Waals surface area contributed by atoms with Gasteiger partial charge in [0.25, 0.3) is 11.8 Å². The molecule has 2 amide bonds. The molecule has 0 spiro atoms. The summed E-state index contributed by atoms with van der Waals surface area (Å²) in [7, 11) is 0. The average molecular weight is 267 g/mol. The van der Waals surface area contributed by atoms with Crippen LogP contribution in [0.5, 0.6) is 0 Å². The molecule has 1 atom stereocenters. The average Bonchev–Trinajstić information content (AvgIpc) is 2.69. The molecule has 1 unspecified atom stereocenters. The second-order valence-corrected chi connectivity index (χ2v) is 4.79. The number of hydrogen-bond donors (Lipinski definition) is 1. The van der Waals surface area contributed by atoms with E-state index in [-0.39, 0.29) is 0 Å². The van der Waals surface area contributed by atoms with Crippen molar-refractivity contribution in [2.75, 3.05) is 0 Å². The number of carboxylic acid groups (broad SMARTS) is 1. The summed E-state index contributed by atoms with van der Waals surface area (Å²) < 4.78 is 0. The summed E-state index contributed by atoms with van der Waals surface area (Å²) in [6.45, 7) is 2.14. The van der Waals surface area contributed by atoms with Gasteiger partial charge in [-0.15, -0.1) is 0 Å². The van der Waals surface area contributed by atoms with Gasteiger partial charge in [0.2, 0.25) is 0 Å². The predicted molar refractivity (Wildman–Crippen MR) is 70.4 cm³/mol. The molecule has 5 nitrogen and oxygen atoms in total. The molecule has 0 saturated heterocycles. The van der Waals surface area contributed by atoms with Gasteiger partial charge in [-0.1, -0.05) is 45.4 Å². The molecule has 0 fully saturated rings. The van der Waals surface area contributed by atoms with E-state index in [1.54, 1.807) is 0 Å². The van der Waals surface area contributed by atoms with Gasteiger partial charge in [-0.25, -0.2) is 4.79 Å². The number of carbonyl (C=O) groups is 3. The van der Waals surface area contributed by atoms with Crippen LogP contribution in [-0.4, -0.2) is 33.8 Å². The number of amides is 2. The minimum absolute atomic E-state index is 0.334. The zero-order valence-electron chi connectivity index (χ0n) is 11.3. The first-order valence-corrected chi connectivity index (χ1v) is 6.86. The fourth-order valence-electron chi connectivity index (χ4n) is 2.20. The first-order chi connectivity index (χ1) is 9.07. The highest BCUT2D eigenvalue weighted by Crippen LogP contribution is 2.16. The highest BCUT2D eigenvalue weighted by atomic mass is 16.4. The van der Waals surface area contributed by atoms with Gasteiger partial charge in [0.1, 0.15) is 6.04 Å². The molecule has 0 aromatic heterocycles. The van der Waals surface area contributed by atoms with Crippen molar-refractivity contribution in [3.05, 3.63) is 12.2 Å². The molecule has 1 N–H and O–H groups in total. The van der Waals surface area contributed by atoms with E-state index in [2.05, 4.69) is 6.92 Å². The SMILES string of the molecule is CCCCCCCCC(C(=O)O)N1C(=O)C=CC1=O. The minimum atomic E-state index is -1.11. The van der Waals surface area contributed by atoms with E-state index < -0.39 is 23.8 Å². The second-order valence-electron chi connectivity index (χ2n) is 4.79. The van der Waals surface area contributed by atoms with Crippen LogP contribution in [0.2, 0.25) is 0 Å². The van der Waals surface area contributed by atoms with Crippen LogP contribution in [0.1, 0.15) is 51.9 Å². The summed E-state index contributed by atoms with van der Waals surface area (Å²) in [5, 5.41) is 9.14. The molecule has 1 aliphatic rings. The lowest BCUT2D eigenvalue weighted by Gasteiger charge is -2.22. The Balaban J connectivity index is 2.40. The minimum Gasteiger partial charge on any atom is -0.480 e. The van der Waals surface area contributed by atoms with Gasteiger partial charge in [-0.3, -0.25) is 14.5 Å². The first-order valence-electron chi connectivity index (χ1n) is 6.86. The number of carboxylic acids is 1. The Labute approximate surface area is 113 Å². The maximum Gasteiger partial charge on any atom is 0.326 e. The Morgan fingerprint density at radius 3 is 2.16 bits per heavy atom. The highest BCUT2D eigenvalue weighted by molar-refractivity contribution is 6.14. The third kappa shape index (κ3) is 4.50. The van der Waals surface area contributed by atoms with Crippen LogP contribution in [0, 0.1) is 0 Å². The van der Waals surface area contributed by atoms with Crippen LogP contribution >= 0.6 is 0 Å². The quantitative estimate of drug-likeness (QED) is 0.513. The lowest BCUT2D eigenvalue weighted by molar-refractivity contribution is -0.153. The lowest BCUT2D eigenvalue weighted by Crippen LogP contribution is -2.44. The molecular weight excluding hydrogens is 246 g/mol. The molecule has 1 aliphatic heterocycles. The Morgan fingerprint density at radius 1 is 1.11 bits per heavy atom. The van der Waals surface area contributed by atoms with Crippen molar-refractivity contribution in [1.29, 1.82) is 0 Å². The lowest BCUT2D eigenvalue weighted by atomic mass is 10.0. The fourth-order valence-corrected chi connectivity index (χ4v) is 2.20. The van der Waals surface area contributed by atoms with Crippen molar-refractivity contribution in [2.24, 2.45) is 0 Å². The van der Waals surface area contributed by atoms with Crippen molar-refractivity contribution in [1.82, 2.24) is 4.90 Å². The topological polar surface area (TPSA) is 74.7 Å². The molecule has 106 valence electrons. The molecule has 5 heteroatoms. The van der Waals surface area contributed by atoms with Crippen LogP contribution in [0.15, 0.2) is 12.2 Å². The van der Waals surface area contributed by atoms with Crippen molar-refractivity contribution in [2.45, 2.75) is 57.9 Å². The zero-order valence-corrected chi connectivity index (χ0v) is 11.3. The smallest absolute Gasteiger partial charge is 0.326 e. The zero-order chi connectivity index (χ0) is 14.3. The summed E-state index contributed by atoms with van der Waals surface area (Å²) >= 11 is 0. The van der Waals surface area contributed by atoms with Gasteiger partial charge >= 0.3 is 5.97 Å². The molecule has 1 heterocycles. The fraction of sp³-hybridized carbons (Fsp3) is 0.643. The number of rotatable bonds is 9. The molecule has 0 aromatic rings. The molecule has 0 aromatic carbocycles. The summed E-state index contributed by atoms with van der Waals surface area (Å²) in [5.74, 6) is -2.16. The van der Waals surface area contributed by atoms with Crippen molar-refractivity contribution in [3.63, 3.8) is 0 Å². The molecule has 0 bridgehead atoms. The maximum absolute atomic E-state index is 11.5. The third-order valence-corrected chi connectivity index (χ3v) is 3.27. The second kappa shape index (κ2) is 7.71. The summed E-state index contributed by atoms with van der Waals surface area (Å²) in [6, 6.07) is -1.03. The Kier molecular flexibility index (Phi) is 6.25. The van der Waals surface area contributed by atoms with Gasteiger partial charge in [-0.2, -0.15) is 0 Å². The van der Waals surface area contributed by atoms with Crippen molar-refractivity contribution >= 4 is 17.8 Å². The maximum atomic E-state index is 11.5. The summed E-state index contributed by atoms with van der Waals surface area (Å²) in [6.07, 6.45) is 8.82. The molecule has 0 radical (unpaired) electrons. The summed E-state index contributed by atoms with van der Waals surface area (Å²) in [4.78, 5) is 34.9. The molecule has 0 saturated carbocycles. The molecule has 0 aliphatic carbocycles. The molecular formula is C14H21NO4. The Hall–Kier alpha value is -1.65. The summed E-state index contributed by atoms with van der Waals surface area (Å²) in [5.41, 5.74) is 0. The Morgan fingerprint density at radius 2 is 1.63 bits per heavy atom. The number of nitrogens with zero attached hydrogens (tertiary/aromatic N) is 1. The van der Waals surface area contributed by atoms with Crippen molar-refractivity contribution < 1.29 is 19.5 Å². The van der Waals surface area contributed by atoms with Gasteiger partial charge in [-0.05, 0) is 6.42 Å². The number of aliphatic carboxylic acids is 1. The van der Waals surface area contributed by atoms with E-state index in [0.29, 0.717) is 6.42 Å². The van der Waals surface area contributed by atoms with E-state index in [9.17, 15) is 14.4 Å². The van der Waals surface area contributed by atoms with Gasteiger partial charge in [0.15, 0.2) is 0 Å². The van der Waals surface area contributed by atoms with Crippen molar-refractivity contribution in [3.8, 4) is 0 Å². The van der Waals surface area contributed by atoms with E-state index in [1.807, 2.05) is 0 Å². The highest BCUT2D eigenvalue weighted by Gasteiger charge is 2.35. The Bertz CT molecular complexity index is 358. The van der Waals surface area contributed by atoms with Gasteiger partial charge in [0.05, 0.1) is 0 Å². The standard InChI is InChI=1S/C14H21NO4/c1-2-3-4-5-6-7-8-11(14(18)19)15-12(16)9-10-13(15)17/h9-11H,2-8H2,1H3,(H,18,19). The van der Waals surface area contributed by atoms with Crippen LogP contribution in [-0.2, 0) is 14.4 Å². The van der Waals surface area contributed by atoms with E-state index >= 15 is 0 Å². The van der Waals surface area contributed by atoms with Gasteiger partial charge < -0.3 is 5.11 Å².